The van der Waals surface area contributed by atoms with Crippen LogP contribution in [0.3, 0.4) is 0 Å². The molecule has 0 aliphatic rings. The van der Waals surface area contributed by atoms with Gasteiger partial charge in [0.05, 0.1) is 12.3 Å². The van der Waals surface area contributed by atoms with Gasteiger partial charge in [0.1, 0.15) is 5.15 Å². The molecule has 0 fully saturated rings. The maximum absolute atomic E-state index is 9.48. The summed E-state index contributed by atoms with van der Waals surface area (Å²) in [5.74, 6) is 0. The predicted octanol–water partition coefficient (Wildman–Crippen LogP) is 1.27. The van der Waals surface area contributed by atoms with E-state index in [0.717, 1.165) is 17.7 Å². The van der Waals surface area contributed by atoms with E-state index in [2.05, 4.69) is 5.10 Å². The highest BCUT2D eigenvalue weighted by atomic mass is 35.5. The molecule has 0 aliphatic heterocycles. The van der Waals surface area contributed by atoms with Gasteiger partial charge in [-0.1, -0.05) is 18.5 Å². The highest BCUT2D eigenvalue weighted by Crippen LogP contribution is 2.30. The molecule has 0 amide bonds. The minimum absolute atomic E-state index is 0.0741. The number of nitrogens with zero attached hydrogens (tertiary/aromatic N) is 2. The molecule has 5 heteroatoms. The zero-order valence-corrected chi connectivity index (χ0v) is 10.9. The first-order chi connectivity index (χ1) is 7.49. The van der Waals surface area contributed by atoms with Crippen LogP contribution in [0.15, 0.2) is 0 Å². The van der Waals surface area contributed by atoms with Crippen LogP contribution in [0.4, 0.5) is 0 Å². The lowest BCUT2D eigenvalue weighted by atomic mass is 9.80. The second-order valence-corrected chi connectivity index (χ2v) is 4.73. The van der Waals surface area contributed by atoms with Crippen molar-refractivity contribution in [2.24, 2.45) is 18.2 Å². The molecule has 0 saturated carbocycles. The first-order valence-corrected chi connectivity index (χ1v) is 5.86. The summed E-state index contributed by atoms with van der Waals surface area (Å²) in [6.07, 6.45) is 1.50. The minimum atomic E-state index is -0.280. The van der Waals surface area contributed by atoms with Crippen LogP contribution in [0.2, 0.25) is 5.15 Å². The second kappa shape index (κ2) is 5.17. The Morgan fingerprint density at radius 1 is 1.56 bits per heavy atom. The number of hydrogen-bond donors (Lipinski definition) is 2. The van der Waals surface area contributed by atoms with E-state index in [1.807, 2.05) is 20.9 Å². The third kappa shape index (κ3) is 2.39. The summed E-state index contributed by atoms with van der Waals surface area (Å²) in [5, 5.41) is 14.4. The largest absolute Gasteiger partial charge is 0.396 e. The summed E-state index contributed by atoms with van der Waals surface area (Å²) in [7, 11) is 1.81. The molecule has 0 saturated heterocycles. The van der Waals surface area contributed by atoms with Gasteiger partial charge in [-0.3, -0.25) is 4.68 Å². The average Bonchev–Trinajstić information content (AvgIpc) is 2.52. The molecule has 4 nitrogen and oxygen atoms in total. The molecule has 1 aromatic heterocycles. The molecule has 3 N–H and O–H groups in total. The zero-order chi connectivity index (χ0) is 12.3. The number of halogens is 1. The lowest BCUT2D eigenvalue weighted by Gasteiger charge is -2.29. The van der Waals surface area contributed by atoms with Crippen LogP contribution >= 0.6 is 11.6 Å². The molecular formula is C11H20ClN3O. The first-order valence-electron chi connectivity index (χ1n) is 5.48. The topological polar surface area (TPSA) is 64.1 Å². The Kier molecular flexibility index (Phi) is 4.35. The number of aliphatic hydroxyl groups is 1. The van der Waals surface area contributed by atoms with Crippen molar-refractivity contribution in [3.8, 4) is 0 Å². The standard InChI is InChI=1S/C11H20ClN3O/c1-4-11(6-13,7-16)5-9-8(2)14-15(3)10(9)12/h16H,4-7,13H2,1-3H3. The van der Waals surface area contributed by atoms with Crippen molar-refractivity contribution in [3.63, 3.8) is 0 Å². The van der Waals surface area contributed by atoms with Crippen LogP contribution in [0.1, 0.15) is 24.6 Å². The SMILES string of the molecule is CCC(CN)(CO)Cc1c(C)nn(C)c1Cl. The van der Waals surface area contributed by atoms with E-state index in [9.17, 15) is 5.11 Å². The molecule has 1 heterocycles. The van der Waals surface area contributed by atoms with Gasteiger partial charge in [-0.15, -0.1) is 0 Å². The van der Waals surface area contributed by atoms with Crippen LogP contribution in [0.25, 0.3) is 0 Å². The number of aliphatic hydroxyl groups excluding tert-OH is 1. The summed E-state index contributed by atoms with van der Waals surface area (Å²) >= 11 is 6.17. The molecule has 0 bridgehead atoms. The number of nitrogens with two attached hydrogens (primary N) is 1. The third-order valence-electron chi connectivity index (χ3n) is 3.34. The van der Waals surface area contributed by atoms with Crippen molar-refractivity contribution in [3.05, 3.63) is 16.4 Å². The van der Waals surface area contributed by atoms with E-state index in [0.29, 0.717) is 18.1 Å². The molecule has 1 unspecified atom stereocenters. The fraction of sp³-hybridized carbons (Fsp3) is 0.727. The van der Waals surface area contributed by atoms with Crippen LogP contribution in [-0.2, 0) is 13.5 Å². The number of rotatable bonds is 5. The van der Waals surface area contributed by atoms with Gasteiger partial charge in [-0.25, -0.2) is 0 Å². The Hall–Kier alpha value is -0.580. The smallest absolute Gasteiger partial charge is 0.130 e. The van der Waals surface area contributed by atoms with Crippen molar-refractivity contribution >= 4 is 11.6 Å². The van der Waals surface area contributed by atoms with E-state index in [1.54, 1.807) is 4.68 Å². The van der Waals surface area contributed by atoms with E-state index in [1.165, 1.54) is 0 Å². The third-order valence-corrected chi connectivity index (χ3v) is 3.81. The van der Waals surface area contributed by atoms with Crippen LogP contribution in [-0.4, -0.2) is 28.0 Å². The fourth-order valence-electron chi connectivity index (χ4n) is 1.82. The molecule has 1 rings (SSSR count). The van der Waals surface area contributed by atoms with E-state index in [-0.39, 0.29) is 12.0 Å². The summed E-state index contributed by atoms with van der Waals surface area (Å²) in [6.45, 7) is 4.48. The average molecular weight is 246 g/mol. The Bertz CT molecular complexity index is 350. The summed E-state index contributed by atoms with van der Waals surface area (Å²) in [6, 6.07) is 0. The highest BCUT2D eigenvalue weighted by molar-refractivity contribution is 6.30. The van der Waals surface area contributed by atoms with E-state index >= 15 is 0 Å². The number of aryl methyl sites for hydroxylation is 2. The van der Waals surface area contributed by atoms with Gasteiger partial charge in [0.15, 0.2) is 0 Å². The maximum atomic E-state index is 9.48. The van der Waals surface area contributed by atoms with Crippen molar-refractivity contribution in [2.75, 3.05) is 13.2 Å². The van der Waals surface area contributed by atoms with Crippen LogP contribution < -0.4 is 5.73 Å². The summed E-state index contributed by atoms with van der Waals surface area (Å²) in [4.78, 5) is 0. The monoisotopic (exact) mass is 245 g/mol. The van der Waals surface area contributed by atoms with Gasteiger partial charge < -0.3 is 10.8 Å². The lowest BCUT2D eigenvalue weighted by molar-refractivity contribution is 0.127. The van der Waals surface area contributed by atoms with Gasteiger partial charge in [0.2, 0.25) is 0 Å². The fourth-order valence-corrected chi connectivity index (χ4v) is 2.06. The number of hydrogen-bond acceptors (Lipinski definition) is 3. The van der Waals surface area contributed by atoms with Crippen molar-refractivity contribution in [1.82, 2.24) is 9.78 Å². The quantitative estimate of drug-likeness (QED) is 0.821. The Morgan fingerprint density at radius 2 is 2.19 bits per heavy atom. The van der Waals surface area contributed by atoms with Crippen molar-refractivity contribution in [2.45, 2.75) is 26.7 Å². The molecule has 0 aliphatic carbocycles. The molecule has 0 radical (unpaired) electrons. The van der Waals surface area contributed by atoms with Crippen molar-refractivity contribution in [1.29, 1.82) is 0 Å². The Balaban J connectivity index is 3.02. The highest BCUT2D eigenvalue weighted by Gasteiger charge is 2.29. The molecule has 0 aromatic carbocycles. The van der Waals surface area contributed by atoms with Crippen molar-refractivity contribution < 1.29 is 5.11 Å². The molecule has 16 heavy (non-hydrogen) atoms. The maximum Gasteiger partial charge on any atom is 0.130 e. The molecule has 0 spiro atoms. The van der Waals surface area contributed by atoms with Crippen LogP contribution in [0.5, 0.6) is 0 Å². The minimum Gasteiger partial charge on any atom is -0.396 e. The molecule has 1 aromatic rings. The number of aromatic nitrogens is 2. The zero-order valence-electron chi connectivity index (χ0n) is 10.1. The van der Waals surface area contributed by atoms with Gasteiger partial charge in [-0.2, -0.15) is 5.10 Å². The lowest BCUT2D eigenvalue weighted by Crippen LogP contribution is -2.36. The van der Waals surface area contributed by atoms with Gasteiger partial charge >= 0.3 is 0 Å². The van der Waals surface area contributed by atoms with E-state index < -0.39 is 0 Å². The second-order valence-electron chi connectivity index (χ2n) is 4.37. The summed E-state index contributed by atoms with van der Waals surface area (Å²) < 4.78 is 1.65. The van der Waals surface area contributed by atoms with Gasteiger partial charge in [0.25, 0.3) is 0 Å². The van der Waals surface area contributed by atoms with Gasteiger partial charge in [-0.05, 0) is 19.8 Å². The van der Waals surface area contributed by atoms with E-state index in [4.69, 9.17) is 17.3 Å². The molecule has 92 valence electrons. The summed E-state index contributed by atoms with van der Waals surface area (Å²) in [5.41, 5.74) is 7.37. The predicted molar refractivity (Wildman–Crippen MR) is 65.5 cm³/mol. The van der Waals surface area contributed by atoms with Gasteiger partial charge in [0, 0.05) is 24.6 Å². The normalized spacial score (nSPS) is 15.1. The first kappa shape index (κ1) is 13.5. The van der Waals surface area contributed by atoms with Crippen LogP contribution in [0, 0.1) is 12.3 Å². The Morgan fingerprint density at radius 3 is 2.50 bits per heavy atom. The molecular weight excluding hydrogens is 226 g/mol. The molecule has 1 atom stereocenters. The Labute approximate surface area is 101 Å².